The Morgan fingerprint density at radius 2 is 0.935 bits per heavy atom. The first-order valence-electron chi connectivity index (χ1n) is 20.5. The van der Waals surface area contributed by atoms with Crippen molar-refractivity contribution in [1.82, 2.24) is 4.90 Å². The first-order chi connectivity index (χ1) is 22.5. The second-order valence-corrected chi connectivity index (χ2v) is 14.9. The number of hydrogen-bond acceptors (Lipinski definition) is 5. The molecule has 1 saturated heterocycles. The van der Waals surface area contributed by atoms with Gasteiger partial charge in [0, 0.05) is 6.42 Å². The van der Waals surface area contributed by atoms with Crippen molar-refractivity contribution in [1.29, 1.82) is 0 Å². The minimum absolute atomic E-state index is 0.00844. The predicted octanol–water partition coefficient (Wildman–Crippen LogP) is 11.8. The number of carbonyl (C=O) groups excluding carboxylic acids is 2. The van der Waals surface area contributed by atoms with Crippen LogP contribution < -0.4 is 0 Å². The Balaban J connectivity index is 2.20. The number of rotatable bonds is 32. The zero-order chi connectivity index (χ0) is 33.5. The van der Waals surface area contributed by atoms with Gasteiger partial charge in [-0.05, 0) is 76.9 Å². The molecular formula is C41H79NO4. The van der Waals surface area contributed by atoms with Gasteiger partial charge in [0.2, 0.25) is 0 Å². The smallest absolute Gasteiger partial charge is 0.309 e. The van der Waals surface area contributed by atoms with Crippen LogP contribution in [0, 0.1) is 17.8 Å². The summed E-state index contributed by atoms with van der Waals surface area (Å²) in [5, 5.41) is 0. The first kappa shape index (κ1) is 42.9. The average molecular weight is 650 g/mol. The summed E-state index contributed by atoms with van der Waals surface area (Å²) < 4.78 is 11.6. The number of carbonyl (C=O) groups is 2. The van der Waals surface area contributed by atoms with Crippen LogP contribution in [0.25, 0.3) is 0 Å². The van der Waals surface area contributed by atoms with Crippen molar-refractivity contribution in [3.63, 3.8) is 0 Å². The summed E-state index contributed by atoms with van der Waals surface area (Å²) in [5.41, 5.74) is 0. The van der Waals surface area contributed by atoms with Crippen molar-refractivity contribution in [2.75, 3.05) is 33.4 Å². The van der Waals surface area contributed by atoms with Crippen molar-refractivity contribution in [3.8, 4) is 0 Å². The van der Waals surface area contributed by atoms with Gasteiger partial charge >= 0.3 is 11.9 Å². The lowest BCUT2D eigenvalue weighted by Gasteiger charge is -2.28. The fourth-order valence-electron chi connectivity index (χ4n) is 6.97. The van der Waals surface area contributed by atoms with E-state index in [1.54, 1.807) is 0 Å². The maximum absolute atomic E-state index is 12.7. The molecule has 272 valence electrons. The number of esters is 2. The maximum atomic E-state index is 12.7. The van der Waals surface area contributed by atoms with E-state index >= 15 is 0 Å². The molecule has 1 aliphatic rings. The number of nitrogens with zero attached hydrogens (tertiary/aromatic N) is 1. The maximum Gasteiger partial charge on any atom is 0.309 e. The van der Waals surface area contributed by atoms with Gasteiger partial charge in [-0.2, -0.15) is 0 Å². The molecule has 0 amide bonds. The second kappa shape index (κ2) is 31.2. The third-order valence-electron chi connectivity index (χ3n) is 10.4. The number of piperidine rings is 1. The van der Waals surface area contributed by atoms with Crippen molar-refractivity contribution < 1.29 is 19.1 Å². The van der Waals surface area contributed by atoms with Crippen LogP contribution in [0.1, 0.15) is 201 Å². The third-order valence-corrected chi connectivity index (χ3v) is 10.4. The number of ether oxygens (including phenoxy) is 2. The summed E-state index contributed by atoms with van der Waals surface area (Å²) in [6, 6.07) is 0. The topological polar surface area (TPSA) is 55.8 Å². The van der Waals surface area contributed by atoms with E-state index < -0.39 is 0 Å². The van der Waals surface area contributed by atoms with Gasteiger partial charge in [-0.1, -0.05) is 149 Å². The van der Waals surface area contributed by atoms with Crippen LogP contribution in [-0.2, 0) is 19.1 Å². The average Bonchev–Trinajstić information content (AvgIpc) is 3.06. The molecule has 2 atom stereocenters. The van der Waals surface area contributed by atoms with Crippen molar-refractivity contribution in [2.24, 2.45) is 17.8 Å². The summed E-state index contributed by atoms with van der Waals surface area (Å²) in [7, 11) is 2.14. The molecule has 0 N–H and O–H groups in total. The largest absolute Gasteiger partial charge is 0.465 e. The normalized spacial score (nSPS) is 15.6. The number of likely N-dealkylation sites (tertiary alicyclic amines) is 1. The Bertz CT molecular complexity index is 690. The highest BCUT2D eigenvalue weighted by molar-refractivity contribution is 5.72. The van der Waals surface area contributed by atoms with Crippen LogP contribution in [0.5, 0.6) is 0 Å². The molecule has 5 heteroatoms. The van der Waals surface area contributed by atoms with Crippen molar-refractivity contribution in [2.45, 2.75) is 201 Å². The number of unbranched alkanes of at least 4 members (excludes halogenated alkanes) is 17. The molecular weight excluding hydrogens is 570 g/mol. The Morgan fingerprint density at radius 1 is 0.543 bits per heavy atom. The van der Waals surface area contributed by atoms with Crippen LogP contribution in [0.4, 0.5) is 0 Å². The molecule has 0 saturated carbocycles. The zero-order valence-electron chi connectivity index (χ0n) is 31.4. The monoisotopic (exact) mass is 650 g/mol. The minimum atomic E-state index is 0.00844. The molecule has 0 spiro atoms. The summed E-state index contributed by atoms with van der Waals surface area (Å²) in [5.74, 6) is 1.22. The van der Waals surface area contributed by atoms with E-state index in [9.17, 15) is 9.59 Å². The summed E-state index contributed by atoms with van der Waals surface area (Å²) in [4.78, 5) is 27.4. The Labute approximate surface area is 287 Å². The fourth-order valence-corrected chi connectivity index (χ4v) is 6.97. The molecule has 0 aromatic rings. The molecule has 0 radical (unpaired) electrons. The van der Waals surface area contributed by atoms with Crippen LogP contribution in [0.3, 0.4) is 0 Å². The van der Waals surface area contributed by atoms with Crippen LogP contribution in [-0.4, -0.2) is 50.2 Å². The zero-order valence-corrected chi connectivity index (χ0v) is 31.4. The number of hydrogen-bond donors (Lipinski definition) is 0. The predicted molar refractivity (Wildman–Crippen MR) is 196 cm³/mol. The fraction of sp³-hybridized carbons (Fsp3) is 0.951. The van der Waals surface area contributed by atoms with Gasteiger partial charge < -0.3 is 14.4 Å². The second-order valence-electron chi connectivity index (χ2n) is 14.9. The van der Waals surface area contributed by atoms with E-state index in [-0.39, 0.29) is 17.9 Å². The van der Waals surface area contributed by atoms with E-state index in [1.165, 1.54) is 148 Å². The summed E-state index contributed by atoms with van der Waals surface area (Å²) in [6.45, 7) is 10.0. The summed E-state index contributed by atoms with van der Waals surface area (Å²) in [6.07, 6.45) is 33.9. The van der Waals surface area contributed by atoms with Gasteiger partial charge in [0.1, 0.15) is 0 Å². The van der Waals surface area contributed by atoms with Gasteiger partial charge in [0.05, 0.1) is 19.1 Å². The van der Waals surface area contributed by atoms with Crippen molar-refractivity contribution >= 4 is 11.9 Å². The molecule has 2 unspecified atom stereocenters. The Kier molecular flexibility index (Phi) is 29.1. The van der Waals surface area contributed by atoms with Gasteiger partial charge in [0.25, 0.3) is 0 Å². The van der Waals surface area contributed by atoms with E-state index in [2.05, 4.69) is 32.7 Å². The van der Waals surface area contributed by atoms with Gasteiger partial charge in [-0.25, -0.2) is 0 Å². The highest BCUT2D eigenvalue weighted by Gasteiger charge is 2.25. The van der Waals surface area contributed by atoms with E-state index in [4.69, 9.17) is 9.47 Å². The molecule has 1 aliphatic heterocycles. The third kappa shape index (κ3) is 25.0. The molecule has 1 rings (SSSR count). The molecule has 0 bridgehead atoms. The van der Waals surface area contributed by atoms with Crippen LogP contribution in [0.2, 0.25) is 0 Å². The first-order valence-corrected chi connectivity index (χ1v) is 20.5. The molecule has 1 fully saturated rings. The van der Waals surface area contributed by atoms with Gasteiger partial charge in [-0.15, -0.1) is 0 Å². The lowest BCUT2D eigenvalue weighted by atomic mass is 9.94. The lowest BCUT2D eigenvalue weighted by Crippen LogP contribution is -2.34. The molecule has 1 heterocycles. The van der Waals surface area contributed by atoms with E-state index in [0.29, 0.717) is 31.5 Å². The molecule has 46 heavy (non-hydrogen) atoms. The molecule has 0 aliphatic carbocycles. The SMILES string of the molecule is CCCCCCCCCCC(CCCCCCCCCC(=O)OCC(CCCC)CCCCCC)COC(=O)C1CCN(C)CC1. The van der Waals surface area contributed by atoms with Crippen LogP contribution in [0.15, 0.2) is 0 Å². The van der Waals surface area contributed by atoms with E-state index in [0.717, 1.165) is 38.8 Å². The van der Waals surface area contributed by atoms with Crippen molar-refractivity contribution in [3.05, 3.63) is 0 Å². The van der Waals surface area contributed by atoms with Gasteiger partial charge in [-0.3, -0.25) is 9.59 Å². The Hall–Kier alpha value is -1.10. The molecule has 0 aromatic carbocycles. The molecule has 0 aromatic heterocycles. The Morgan fingerprint density at radius 3 is 1.43 bits per heavy atom. The van der Waals surface area contributed by atoms with E-state index in [1.807, 2.05) is 0 Å². The van der Waals surface area contributed by atoms with Crippen LogP contribution >= 0.6 is 0 Å². The quantitative estimate of drug-likeness (QED) is 0.0536. The molecule has 5 nitrogen and oxygen atoms in total. The summed E-state index contributed by atoms with van der Waals surface area (Å²) >= 11 is 0. The minimum Gasteiger partial charge on any atom is -0.465 e. The lowest BCUT2D eigenvalue weighted by molar-refractivity contribution is -0.151. The standard InChI is InChI=1S/C41H79NO4/c1-5-8-11-13-14-16-19-23-28-38(36-46-41(44)39-31-33-42(4)34-32-39)29-24-20-17-15-18-21-25-30-40(43)45-35-37(26-10-7-3)27-22-12-9-6-2/h37-39H,5-36H2,1-4H3. The highest BCUT2D eigenvalue weighted by atomic mass is 16.5. The van der Waals surface area contributed by atoms with Gasteiger partial charge in [0.15, 0.2) is 0 Å². The highest BCUT2D eigenvalue weighted by Crippen LogP contribution is 2.23.